The summed E-state index contributed by atoms with van der Waals surface area (Å²) in [7, 11) is 0. The van der Waals surface area contributed by atoms with Crippen LogP contribution in [-0.4, -0.2) is 47.5 Å². The van der Waals surface area contributed by atoms with Crippen molar-refractivity contribution in [1.82, 2.24) is 4.90 Å². The SMILES string of the molecule is CCCN(CCO)CC1CC(C(C)C)CCC1O. The van der Waals surface area contributed by atoms with Gasteiger partial charge in [0.1, 0.15) is 0 Å². The molecular formula is C15H31NO2. The third kappa shape index (κ3) is 4.87. The maximum absolute atomic E-state index is 10.2. The summed E-state index contributed by atoms with van der Waals surface area (Å²) in [6.45, 7) is 9.67. The van der Waals surface area contributed by atoms with Gasteiger partial charge in [-0.1, -0.05) is 20.8 Å². The summed E-state index contributed by atoms with van der Waals surface area (Å²) < 4.78 is 0. The summed E-state index contributed by atoms with van der Waals surface area (Å²) in [5.74, 6) is 1.87. The zero-order chi connectivity index (χ0) is 13.5. The Morgan fingerprint density at radius 2 is 1.94 bits per heavy atom. The highest BCUT2D eigenvalue weighted by Crippen LogP contribution is 2.34. The predicted molar refractivity (Wildman–Crippen MR) is 75.5 cm³/mol. The first kappa shape index (κ1) is 15.9. The lowest BCUT2D eigenvalue weighted by molar-refractivity contribution is 0.0160. The van der Waals surface area contributed by atoms with Crippen LogP contribution in [0.15, 0.2) is 0 Å². The van der Waals surface area contributed by atoms with Crippen LogP contribution in [0.2, 0.25) is 0 Å². The lowest BCUT2D eigenvalue weighted by atomic mass is 9.74. The second kappa shape index (κ2) is 8.13. The highest BCUT2D eigenvalue weighted by Gasteiger charge is 2.31. The number of nitrogens with zero attached hydrogens (tertiary/aromatic N) is 1. The Bertz CT molecular complexity index is 215. The minimum absolute atomic E-state index is 0.141. The van der Waals surface area contributed by atoms with Gasteiger partial charge in [-0.15, -0.1) is 0 Å². The summed E-state index contributed by atoms with van der Waals surface area (Å²) in [5, 5.41) is 19.3. The topological polar surface area (TPSA) is 43.7 Å². The highest BCUT2D eigenvalue weighted by atomic mass is 16.3. The molecular weight excluding hydrogens is 226 g/mol. The molecule has 0 aromatic carbocycles. The van der Waals surface area contributed by atoms with Gasteiger partial charge in [-0.2, -0.15) is 0 Å². The molecule has 1 fully saturated rings. The Hall–Kier alpha value is -0.120. The standard InChI is InChI=1S/C15H31NO2/c1-4-7-16(8-9-17)11-14-10-13(12(2)3)5-6-15(14)18/h12-15,17-18H,4-11H2,1-3H3. The third-order valence-electron chi connectivity index (χ3n) is 4.37. The van der Waals surface area contributed by atoms with Crippen molar-refractivity contribution in [2.24, 2.45) is 17.8 Å². The number of aliphatic hydroxyl groups excluding tert-OH is 2. The molecule has 1 saturated carbocycles. The van der Waals surface area contributed by atoms with Crippen molar-refractivity contribution in [2.45, 2.75) is 52.6 Å². The van der Waals surface area contributed by atoms with E-state index in [1.54, 1.807) is 0 Å². The number of aliphatic hydroxyl groups is 2. The van der Waals surface area contributed by atoms with E-state index < -0.39 is 0 Å². The molecule has 0 heterocycles. The van der Waals surface area contributed by atoms with E-state index in [1.165, 1.54) is 6.42 Å². The molecule has 0 radical (unpaired) electrons. The summed E-state index contributed by atoms with van der Waals surface area (Å²) in [6.07, 6.45) is 4.23. The maximum Gasteiger partial charge on any atom is 0.0580 e. The van der Waals surface area contributed by atoms with Gasteiger partial charge in [0, 0.05) is 13.1 Å². The van der Waals surface area contributed by atoms with Gasteiger partial charge in [0.25, 0.3) is 0 Å². The van der Waals surface area contributed by atoms with Crippen molar-refractivity contribution in [2.75, 3.05) is 26.2 Å². The smallest absolute Gasteiger partial charge is 0.0580 e. The monoisotopic (exact) mass is 257 g/mol. The molecule has 0 aromatic rings. The minimum atomic E-state index is -0.141. The number of hydrogen-bond donors (Lipinski definition) is 2. The minimum Gasteiger partial charge on any atom is -0.395 e. The molecule has 0 saturated heterocycles. The molecule has 1 aliphatic rings. The van der Waals surface area contributed by atoms with E-state index in [-0.39, 0.29) is 12.7 Å². The van der Waals surface area contributed by atoms with E-state index >= 15 is 0 Å². The normalized spacial score (nSPS) is 29.2. The second-order valence-electron chi connectivity index (χ2n) is 6.17. The molecule has 0 amide bonds. The van der Waals surface area contributed by atoms with Crippen LogP contribution in [0, 0.1) is 17.8 Å². The van der Waals surface area contributed by atoms with Crippen LogP contribution in [0.3, 0.4) is 0 Å². The first-order chi connectivity index (χ1) is 8.58. The van der Waals surface area contributed by atoms with E-state index in [9.17, 15) is 5.11 Å². The Balaban J connectivity index is 2.50. The van der Waals surface area contributed by atoms with E-state index in [2.05, 4.69) is 25.7 Å². The Kier molecular flexibility index (Phi) is 7.20. The van der Waals surface area contributed by atoms with Crippen molar-refractivity contribution in [1.29, 1.82) is 0 Å². The van der Waals surface area contributed by atoms with Crippen LogP contribution in [0.1, 0.15) is 46.5 Å². The van der Waals surface area contributed by atoms with Gasteiger partial charge in [-0.25, -0.2) is 0 Å². The largest absolute Gasteiger partial charge is 0.395 e. The molecule has 2 N–H and O–H groups in total. The molecule has 1 rings (SSSR count). The fourth-order valence-corrected chi connectivity index (χ4v) is 3.17. The van der Waals surface area contributed by atoms with Gasteiger partial charge in [0.15, 0.2) is 0 Å². The molecule has 0 bridgehead atoms. The van der Waals surface area contributed by atoms with Gasteiger partial charge in [-0.3, -0.25) is 0 Å². The van der Waals surface area contributed by atoms with E-state index in [1.807, 2.05) is 0 Å². The van der Waals surface area contributed by atoms with Gasteiger partial charge >= 0.3 is 0 Å². The molecule has 18 heavy (non-hydrogen) atoms. The van der Waals surface area contributed by atoms with E-state index in [0.717, 1.165) is 50.7 Å². The molecule has 3 atom stereocenters. The molecule has 3 heteroatoms. The molecule has 0 spiro atoms. The van der Waals surface area contributed by atoms with Gasteiger partial charge in [-0.05, 0) is 50.0 Å². The molecule has 1 aliphatic carbocycles. The first-order valence-electron chi connectivity index (χ1n) is 7.59. The zero-order valence-electron chi connectivity index (χ0n) is 12.3. The summed E-state index contributed by atoms with van der Waals surface area (Å²) >= 11 is 0. The van der Waals surface area contributed by atoms with E-state index in [4.69, 9.17) is 5.11 Å². The Labute approximate surface area is 112 Å². The summed E-state index contributed by atoms with van der Waals surface area (Å²) in [4.78, 5) is 2.30. The first-order valence-corrected chi connectivity index (χ1v) is 7.59. The van der Waals surface area contributed by atoms with Crippen LogP contribution in [0.5, 0.6) is 0 Å². The van der Waals surface area contributed by atoms with Crippen molar-refractivity contribution in [3.05, 3.63) is 0 Å². The third-order valence-corrected chi connectivity index (χ3v) is 4.37. The average molecular weight is 257 g/mol. The van der Waals surface area contributed by atoms with Crippen molar-refractivity contribution < 1.29 is 10.2 Å². The zero-order valence-corrected chi connectivity index (χ0v) is 12.3. The van der Waals surface area contributed by atoms with Gasteiger partial charge < -0.3 is 15.1 Å². The second-order valence-corrected chi connectivity index (χ2v) is 6.17. The number of rotatable bonds is 7. The van der Waals surface area contributed by atoms with Crippen LogP contribution in [0.25, 0.3) is 0 Å². The fourth-order valence-electron chi connectivity index (χ4n) is 3.17. The molecule has 3 unspecified atom stereocenters. The number of hydrogen-bond acceptors (Lipinski definition) is 3. The molecule has 108 valence electrons. The highest BCUT2D eigenvalue weighted by molar-refractivity contribution is 4.83. The van der Waals surface area contributed by atoms with Crippen LogP contribution < -0.4 is 0 Å². The quantitative estimate of drug-likeness (QED) is 0.734. The summed E-state index contributed by atoms with van der Waals surface area (Å²) in [5.41, 5.74) is 0. The predicted octanol–water partition coefficient (Wildman–Crippen LogP) is 2.12. The average Bonchev–Trinajstić information content (AvgIpc) is 2.32. The lowest BCUT2D eigenvalue weighted by Gasteiger charge is -2.38. The van der Waals surface area contributed by atoms with Crippen LogP contribution >= 0.6 is 0 Å². The Morgan fingerprint density at radius 3 is 2.50 bits per heavy atom. The van der Waals surface area contributed by atoms with Crippen molar-refractivity contribution in [3.63, 3.8) is 0 Å². The van der Waals surface area contributed by atoms with Crippen molar-refractivity contribution in [3.8, 4) is 0 Å². The fraction of sp³-hybridized carbons (Fsp3) is 1.00. The summed E-state index contributed by atoms with van der Waals surface area (Å²) in [6, 6.07) is 0. The lowest BCUT2D eigenvalue weighted by Crippen LogP contribution is -2.41. The van der Waals surface area contributed by atoms with Gasteiger partial charge in [0.2, 0.25) is 0 Å². The Morgan fingerprint density at radius 1 is 1.22 bits per heavy atom. The van der Waals surface area contributed by atoms with Gasteiger partial charge in [0.05, 0.1) is 12.7 Å². The molecule has 0 aliphatic heterocycles. The molecule has 0 aromatic heterocycles. The van der Waals surface area contributed by atoms with Crippen LogP contribution in [-0.2, 0) is 0 Å². The molecule has 3 nitrogen and oxygen atoms in total. The van der Waals surface area contributed by atoms with Crippen molar-refractivity contribution >= 4 is 0 Å². The van der Waals surface area contributed by atoms with E-state index in [0.29, 0.717) is 5.92 Å². The maximum atomic E-state index is 10.2. The van der Waals surface area contributed by atoms with Crippen LogP contribution in [0.4, 0.5) is 0 Å².